The molecular formula is C9H15Br. The van der Waals surface area contributed by atoms with Crippen LogP contribution < -0.4 is 0 Å². The van der Waals surface area contributed by atoms with E-state index in [0.717, 1.165) is 11.8 Å². The molecule has 0 amide bonds. The molecule has 0 saturated heterocycles. The van der Waals surface area contributed by atoms with E-state index in [2.05, 4.69) is 48.9 Å². The van der Waals surface area contributed by atoms with Crippen molar-refractivity contribution in [2.75, 3.05) is 5.33 Å². The van der Waals surface area contributed by atoms with Crippen molar-refractivity contribution in [3.05, 3.63) is 23.3 Å². The zero-order valence-electron chi connectivity index (χ0n) is 6.95. The van der Waals surface area contributed by atoms with Crippen molar-refractivity contribution in [2.24, 2.45) is 0 Å². The van der Waals surface area contributed by atoms with Crippen LogP contribution in [0, 0.1) is 0 Å². The number of rotatable bonds is 3. The Hall–Kier alpha value is -0.0400. The van der Waals surface area contributed by atoms with Crippen molar-refractivity contribution in [2.45, 2.75) is 27.2 Å². The topological polar surface area (TPSA) is 0 Å². The summed E-state index contributed by atoms with van der Waals surface area (Å²) in [5.41, 5.74) is 2.72. The molecule has 0 aromatic carbocycles. The van der Waals surface area contributed by atoms with Crippen LogP contribution in [-0.2, 0) is 0 Å². The van der Waals surface area contributed by atoms with Gasteiger partial charge in [0.1, 0.15) is 0 Å². The Morgan fingerprint density at radius 2 is 1.90 bits per heavy atom. The Kier molecular flexibility index (Phi) is 5.70. The lowest BCUT2D eigenvalue weighted by Gasteiger charge is -1.92. The molecule has 0 aromatic rings. The summed E-state index contributed by atoms with van der Waals surface area (Å²) < 4.78 is 0. The van der Waals surface area contributed by atoms with E-state index in [1.54, 1.807) is 0 Å². The number of allylic oxidation sites excluding steroid dienone is 4. The molecule has 0 radical (unpaired) electrons. The molecule has 0 rings (SSSR count). The maximum absolute atomic E-state index is 3.38. The molecular weight excluding hydrogens is 188 g/mol. The molecule has 10 heavy (non-hydrogen) atoms. The van der Waals surface area contributed by atoms with Crippen LogP contribution in [0.25, 0.3) is 0 Å². The Balaban J connectivity index is 3.82. The molecule has 0 aliphatic rings. The molecule has 58 valence electrons. The molecule has 0 atom stereocenters. The predicted octanol–water partition coefficient (Wildman–Crippen LogP) is 3.68. The summed E-state index contributed by atoms with van der Waals surface area (Å²) in [6.45, 7) is 6.37. The largest absolute Gasteiger partial charge is 0.0925 e. The Labute approximate surface area is 72.1 Å². The fraction of sp³-hybridized carbons (Fsp3) is 0.556. The molecule has 0 saturated carbocycles. The standard InChI is InChI=1S/C9H15Br/c1-8(2)7-9(3)5-4-6-10/h5,7H,4,6H2,1-3H3/b9-5+. The predicted molar refractivity (Wildman–Crippen MR) is 51.6 cm³/mol. The van der Waals surface area contributed by atoms with Crippen LogP contribution in [0.2, 0.25) is 0 Å². The summed E-state index contributed by atoms with van der Waals surface area (Å²) in [7, 11) is 0. The summed E-state index contributed by atoms with van der Waals surface area (Å²) in [5.74, 6) is 0. The van der Waals surface area contributed by atoms with Gasteiger partial charge in [0.25, 0.3) is 0 Å². The maximum atomic E-state index is 3.38. The molecule has 0 fully saturated rings. The second-order valence-corrected chi connectivity index (χ2v) is 3.44. The van der Waals surface area contributed by atoms with Crippen LogP contribution in [-0.4, -0.2) is 5.33 Å². The van der Waals surface area contributed by atoms with Crippen LogP contribution >= 0.6 is 15.9 Å². The van der Waals surface area contributed by atoms with Gasteiger partial charge >= 0.3 is 0 Å². The smallest absolute Gasteiger partial charge is 0.00661 e. The van der Waals surface area contributed by atoms with Gasteiger partial charge in [-0.3, -0.25) is 0 Å². The van der Waals surface area contributed by atoms with E-state index in [1.807, 2.05) is 0 Å². The highest BCUT2D eigenvalue weighted by Crippen LogP contribution is 2.02. The van der Waals surface area contributed by atoms with E-state index in [0.29, 0.717) is 0 Å². The number of hydrogen-bond donors (Lipinski definition) is 0. The second-order valence-electron chi connectivity index (χ2n) is 2.65. The summed E-state index contributed by atoms with van der Waals surface area (Å²) in [4.78, 5) is 0. The molecule has 0 aromatic heterocycles. The first kappa shape index (κ1) is 9.96. The highest BCUT2D eigenvalue weighted by atomic mass is 79.9. The molecule has 0 aliphatic carbocycles. The lowest BCUT2D eigenvalue weighted by atomic mass is 10.2. The monoisotopic (exact) mass is 202 g/mol. The zero-order valence-corrected chi connectivity index (χ0v) is 8.53. The minimum atomic E-state index is 1.06. The van der Waals surface area contributed by atoms with E-state index in [9.17, 15) is 0 Å². The Morgan fingerprint density at radius 1 is 1.30 bits per heavy atom. The maximum Gasteiger partial charge on any atom is 0.00661 e. The van der Waals surface area contributed by atoms with Gasteiger partial charge in [0.05, 0.1) is 0 Å². The van der Waals surface area contributed by atoms with Crippen LogP contribution in [0.5, 0.6) is 0 Å². The van der Waals surface area contributed by atoms with Gasteiger partial charge in [0.15, 0.2) is 0 Å². The lowest BCUT2D eigenvalue weighted by molar-refractivity contribution is 1.22. The van der Waals surface area contributed by atoms with Crippen molar-refractivity contribution in [1.29, 1.82) is 0 Å². The van der Waals surface area contributed by atoms with Gasteiger partial charge < -0.3 is 0 Å². The van der Waals surface area contributed by atoms with Gasteiger partial charge in [0, 0.05) is 5.33 Å². The van der Waals surface area contributed by atoms with E-state index in [1.165, 1.54) is 11.1 Å². The normalized spacial score (nSPS) is 11.4. The average molecular weight is 203 g/mol. The third kappa shape index (κ3) is 6.09. The van der Waals surface area contributed by atoms with Gasteiger partial charge in [-0.05, 0) is 27.2 Å². The summed E-state index contributed by atoms with van der Waals surface area (Å²) in [6.07, 6.45) is 5.56. The van der Waals surface area contributed by atoms with Crippen molar-refractivity contribution in [1.82, 2.24) is 0 Å². The molecule has 0 nitrogen and oxygen atoms in total. The number of hydrogen-bond acceptors (Lipinski definition) is 0. The first-order chi connectivity index (χ1) is 4.66. The van der Waals surface area contributed by atoms with Crippen molar-refractivity contribution < 1.29 is 0 Å². The number of alkyl halides is 1. The Morgan fingerprint density at radius 3 is 2.30 bits per heavy atom. The van der Waals surface area contributed by atoms with Gasteiger partial charge in [-0.15, -0.1) is 0 Å². The first-order valence-corrected chi connectivity index (χ1v) is 4.66. The van der Waals surface area contributed by atoms with E-state index >= 15 is 0 Å². The molecule has 0 N–H and O–H groups in total. The molecule has 0 unspecified atom stereocenters. The van der Waals surface area contributed by atoms with E-state index in [4.69, 9.17) is 0 Å². The fourth-order valence-corrected chi connectivity index (χ4v) is 1.03. The molecule has 0 bridgehead atoms. The van der Waals surface area contributed by atoms with Crippen LogP contribution in [0.15, 0.2) is 23.3 Å². The first-order valence-electron chi connectivity index (χ1n) is 3.54. The van der Waals surface area contributed by atoms with Gasteiger partial charge in [-0.2, -0.15) is 0 Å². The molecule has 0 heterocycles. The SMILES string of the molecule is CC(C)=C/C(C)=C/CCBr. The molecule has 0 aliphatic heterocycles. The zero-order chi connectivity index (χ0) is 7.98. The van der Waals surface area contributed by atoms with Gasteiger partial charge in [-0.25, -0.2) is 0 Å². The van der Waals surface area contributed by atoms with E-state index in [-0.39, 0.29) is 0 Å². The lowest BCUT2D eigenvalue weighted by Crippen LogP contribution is -1.73. The summed E-state index contributed by atoms with van der Waals surface area (Å²) in [5, 5.41) is 1.06. The molecule has 1 heteroatoms. The number of halogens is 1. The molecule has 0 spiro atoms. The van der Waals surface area contributed by atoms with Crippen LogP contribution in [0.4, 0.5) is 0 Å². The second kappa shape index (κ2) is 5.72. The third-order valence-corrected chi connectivity index (χ3v) is 1.55. The van der Waals surface area contributed by atoms with Crippen molar-refractivity contribution >= 4 is 15.9 Å². The van der Waals surface area contributed by atoms with Crippen LogP contribution in [0.3, 0.4) is 0 Å². The van der Waals surface area contributed by atoms with Crippen molar-refractivity contribution in [3.63, 3.8) is 0 Å². The minimum Gasteiger partial charge on any atom is -0.0925 e. The third-order valence-electron chi connectivity index (χ3n) is 1.09. The van der Waals surface area contributed by atoms with Crippen LogP contribution in [0.1, 0.15) is 27.2 Å². The highest BCUT2D eigenvalue weighted by Gasteiger charge is 1.82. The fourth-order valence-electron chi connectivity index (χ4n) is 0.796. The average Bonchev–Trinajstić information content (AvgIpc) is 1.82. The van der Waals surface area contributed by atoms with Crippen molar-refractivity contribution in [3.8, 4) is 0 Å². The Bertz CT molecular complexity index is 139. The van der Waals surface area contributed by atoms with Gasteiger partial charge in [-0.1, -0.05) is 39.2 Å². The van der Waals surface area contributed by atoms with E-state index < -0.39 is 0 Å². The summed E-state index contributed by atoms with van der Waals surface area (Å²) >= 11 is 3.38. The quantitative estimate of drug-likeness (QED) is 0.484. The minimum absolute atomic E-state index is 1.06. The van der Waals surface area contributed by atoms with Gasteiger partial charge in [0.2, 0.25) is 0 Å². The summed E-state index contributed by atoms with van der Waals surface area (Å²) in [6, 6.07) is 0. The highest BCUT2D eigenvalue weighted by molar-refractivity contribution is 9.09.